The van der Waals surface area contributed by atoms with Gasteiger partial charge in [0, 0.05) is 17.2 Å². The number of carbonyl (C=O) groups excluding carboxylic acids is 1. The predicted octanol–water partition coefficient (Wildman–Crippen LogP) is 3.76. The summed E-state index contributed by atoms with van der Waals surface area (Å²) in [5.74, 6) is 1.76. The summed E-state index contributed by atoms with van der Waals surface area (Å²) < 4.78 is 0. The Hall–Kier alpha value is -1.26. The SMILES string of the molecule is CCSCC(C)NC(=O)c1cc2ccccc2c(Cl)n1. The van der Waals surface area contributed by atoms with Gasteiger partial charge in [0.2, 0.25) is 0 Å². The zero-order valence-corrected chi connectivity index (χ0v) is 13.1. The molecule has 1 heterocycles. The first kappa shape index (κ1) is 15.1. The van der Waals surface area contributed by atoms with Crippen LogP contribution in [-0.4, -0.2) is 28.4 Å². The summed E-state index contributed by atoms with van der Waals surface area (Å²) in [6, 6.07) is 9.53. The number of aromatic nitrogens is 1. The molecular weight excluding hydrogens is 292 g/mol. The molecule has 0 fully saturated rings. The quantitative estimate of drug-likeness (QED) is 0.855. The lowest BCUT2D eigenvalue weighted by Crippen LogP contribution is -2.34. The zero-order valence-electron chi connectivity index (χ0n) is 11.5. The van der Waals surface area contributed by atoms with Crippen LogP contribution in [0, 0.1) is 0 Å². The van der Waals surface area contributed by atoms with Gasteiger partial charge in [-0.2, -0.15) is 11.8 Å². The van der Waals surface area contributed by atoms with Gasteiger partial charge in [0.05, 0.1) is 0 Å². The molecule has 1 aromatic heterocycles. The number of amides is 1. The molecule has 2 rings (SSSR count). The maximum Gasteiger partial charge on any atom is 0.270 e. The normalized spacial score (nSPS) is 12.3. The summed E-state index contributed by atoms with van der Waals surface area (Å²) >= 11 is 7.93. The monoisotopic (exact) mass is 308 g/mol. The van der Waals surface area contributed by atoms with Crippen molar-refractivity contribution >= 4 is 40.0 Å². The molecule has 0 spiro atoms. The lowest BCUT2D eigenvalue weighted by molar-refractivity contribution is 0.0939. The van der Waals surface area contributed by atoms with Gasteiger partial charge >= 0.3 is 0 Å². The Bertz CT molecular complexity index is 618. The van der Waals surface area contributed by atoms with Gasteiger partial charge in [-0.3, -0.25) is 4.79 Å². The minimum atomic E-state index is -0.179. The second kappa shape index (κ2) is 6.95. The fourth-order valence-electron chi connectivity index (χ4n) is 1.91. The molecule has 1 unspecified atom stereocenters. The van der Waals surface area contributed by atoms with E-state index >= 15 is 0 Å². The minimum absolute atomic E-state index is 0.111. The van der Waals surface area contributed by atoms with E-state index in [1.54, 1.807) is 17.8 Å². The third kappa shape index (κ3) is 3.64. The highest BCUT2D eigenvalue weighted by Gasteiger charge is 2.13. The number of fused-ring (bicyclic) bond motifs is 1. The fraction of sp³-hybridized carbons (Fsp3) is 0.333. The van der Waals surface area contributed by atoms with Crippen LogP contribution >= 0.6 is 23.4 Å². The molecule has 0 saturated carbocycles. The van der Waals surface area contributed by atoms with E-state index in [0.717, 1.165) is 22.3 Å². The lowest BCUT2D eigenvalue weighted by Gasteiger charge is -2.13. The van der Waals surface area contributed by atoms with E-state index in [1.807, 2.05) is 31.2 Å². The first-order valence-electron chi connectivity index (χ1n) is 6.55. The number of pyridine rings is 1. The Morgan fingerprint density at radius 3 is 2.95 bits per heavy atom. The van der Waals surface area contributed by atoms with Crippen LogP contribution in [0.15, 0.2) is 30.3 Å². The summed E-state index contributed by atoms with van der Waals surface area (Å²) in [7, 11) is 0. The van der Waals surface area contributed by atoms with E-state index in [1.165, 1.54) is 0 Å². The first-order chi connectivity index (χ1) is 9.61. The average Bonchev–Trinajstić information content (AvgIpc) is 2.45. The summed E-state index contributed by atoms with van der Waals surface area (Å²) in [5, 5.41) is 5.09. The lowest BCUT2D eigenvalue weighted by atomic mass is 10.1. The molecule has 0 aliphatic heterocycles. The highest BCUT2D eigenvalue weighted by Crippen LogP contribution is 2.22. The molecule has 0 radical (unpaired) electrons. The number of benzene rings is 1. The Kier molecular flexibility index (Phi) is 5.26. The smallest absolute Gasteiger partial charge is 0.270 e. The van der Waals surface area contributed by atoms with Crippen molar-refractivity contribution in [3.63, 3.8) is 0 Å². The van der Waals surface area contributed by atoms with Crippen molar-refractivity contribution < 1.29 is 4.79 Å². The van der Waals surface area contributed by atoms with Crippen LogP contribution in [0.2, 0.25) is 5.15 Å². The van der Waals surface area contributed by atoms with Crippen LogP contribution < -0.4 is 5.32 Å². The van der Waals surface area contributed by atoms with Crippen molar-refractivity contribution in [2.75, 3.05) is 11.5 Å². The van der Waals surface area contributed by atoms with Crippen molar-refractivity contribution in [3.8, 4) is 0 Å². The van der Waals surface area contributed by atoms with Crippen molar-refractivity contribution in [2.45, 2.75) is 19.9 Å². The number of nitrogens with zero attached hydrogens (tertiary/aromatic N) is 1. The van der Waals surface area contributed by atoms with Crippen LogP contribution in [-0.2, 0) is 0 Å². The summed E-state index contributed by atoms with van der Waals surface area (Å²) in [5.41, 5.74) is 0.363. The van der Waals surface area contributed by atoms with Gasteiger partial charge < -0.3 is 5.32 Å². The van der Waals surface area contributed by atoms with Gasteiger partial charge in [-0.15, -0.1) is 0 Å². The molecule has 0 bridgehead atoms. The van der Waals surface area contributed by atoms with Gasteiger partial charge in [-0.05, 0) is 24.1 Å². The molecule has 0 aliphatic rings. The van der Waals surface area contributed by atoms with Gasteiger partial charge in [-0.25, -0.2) is 4.98 Å². The first-order valence-corrected chi connectivity index (χ1v) is 8.09. The van der Waals surface area contributed by atoms with Crippen LogP contribution in [0.25, 0.3) is 10.8 Å². The molecule has 1 N–H and O–H groups in total. The van der Waals surface area contributed by atoms with Crippen molar-refractivity contribution in [1.82, 2.24) is 10.3 Å². The molecule has 5 heteroatoms. The van der Waals surface area contributed by atoms with E-state index in [9.17, 15) is 4.79 Å². The number of thioether (sulfide) groups is 1. The number of rotatable bonds is 5. The Morgan fingerprint density at radius 2 is 2.20 bits per heavy atom. The number of hydrogen-bond acceptors (Lipinski definition) is 3. The van der Waals surface area contributed by atoms with Gasteiger partial charge in [0.15, 0.2) is 0 Å². The van der Waals surface area contributed by atoms with Crippen LogP contribution in [0.4, 0.5) is 0 Å². The number of halogens is 1. The summed E-state index contributed by atoms with van der Waals surface area (Å²) in [4.78, 5) is 16.4. The zero-order chi connectivity index (χ0) is 14.5. The second-order valence-corrected chi connectivity index (χ2v) is 6.23. The third-order valence-electron chi connectivity index (χ3n) is 2.88. The minimum Gasteiger partial charge on any atom is -0.347 e. The number of nitrogens with one attached hydrogen (secondary N) is 1. The maximum atomic E-state index is 12.2. The molecule has 0 aliphatic carbocycles. The van der Waals surface area contributed by atoms with Gasteiger partial charge in [-0.1, -0.05) is 42.8 Å². The highest BCUT2D eigenvalue weighted by atomic mass is 35.5. The fourth-order valence-corrected chi connectivity index (χ4v) is 2.84. The molecule has 1 atom stereocenters. The third-order valence-corrected chi connectivity index (χ3v) is 4.31. The highest BCUT2D eigenvalue weighted by molar-refractivity contribution is 7.99. The molecule has 2 aromatic rings. The molecule has 3 nitrogen and oxygen atoms in total. The summed E-state index contributed by atoms with van der Waals surface area (Å²) in [6.45, 7) is 4.09. The molecule has 106 valence electrons. The van der Waals surface area contributed by atoms with E-state index in [0.29, 0.717) is 10.8 Å². The van der Waals surface area contributed by atoms with Gasteiger partial charge in [0.1, 0.15) is 10.8 Å². The van der Waals surface area contributed by atoms with E-state index in [4.69, 9.17) is 11.6 Å². The maximum absolute atomic E-state index is 12.2. The number of hydrogen-bond donors (Lipinski definition) is 1. The van der Waals surface area contributed by atoms with Gasteiger partial charge in [0.25, 0.3) is 5.91 Å². The molecule has 20 heavy (non-hydrogen) atoms. The van der Waals surface area contributed by atoms with Crippen molar-refractivity contribution in [2.24, 2.45) is 0 Å². The molecule has 0 saturated heterocycles. The van der Waals surface area contributed by atoms with Crippen LogP contribution in [0.5, 0.6) is 0 Å². The standard InChI is InChI=1S/C15H17ClN2OS/c1-3-20-9-10(2)17-15(19)13-8-11-6-4-5-7-12(11)14(16)18-13/h4-8,10H,3,9H2,1-2H3,(H,17,19). The van der Waals surface area contributed by atoms with Crippen LogP contribution in [0.1, 0.15) is 24.3 Å². The Balaban J connectivity index is 2.18. The second-order valence-electron chi connectivity index (χ2n) is 4.55. The number of carbonyl (C=O) groups is 1. The van der Waals surface area contributed by atoms with E-state index in [-0.39, 0.29) is 11.9 Å². The summed E-state index contributed by atoms with van der Waals surface area (Å²) in [6.07, 6.45) is 0. The molecule has 1 aromatic carbocycles. The predicted molar refractivity (Wildman–Crippen MR) is 86.7 cm³/mol. The largest absolute Gasteiger partial charge is 0.347 e. The Labute approximate surface area is 128 Å². The van der Waals surface area contributed by atoms with Crippen molar-refractivity contribution in [1.29, 1.82) is 0 Å². The topological polar surface area (TPSA) is 42.0 Å². The Morgan fingerprint density at radius 1 is 1.45 bits per heavy atom. The molecule has 1 amide bonds. The van der Waals surface area contributed by atoms with E-state index < -0.39 is 0 Å². The molecular formula is C15H17ClN2OS. The van der Waals surface area contributed by atoms with Crippen LogP contribution in [0.3, 0.4) is 0 Å². The van der Waals surface area contributed by atoms with Crippen molar-refractivity contribution in [3.05, 3.63) is 41.2 Å². The van der Waals surface area contributed by atoms with E-state index in [2.05, 4.69) is 17.2 Å². The average molecular weight is 309 g/mol.